The number of carbonyl (C=O) groups excluding carboxylic acids is 2. The first-order chi connectivity index (χ1) is 15.2. The molecule has 0 unspecified atom stereocenters. The van der Waals surface area contributed by atoms with Crippen LogP contribution in [0.3, 0.4) is 0 Å². The maximum atomic E-state index is 13.3. The van der Waals surface area contributed by atoms with Gasteiger partial charge in [0.05, 0.1) is 21.6 Å². The Hall–Kier alpha value is -3.14. The zero-order valence-corrected chi connectivity index (χ0v) is 18.4. The number of anilines is 2. The number of benzene rings is 1. The van der Waals surface area contributed by atoms with Gasteiger partial charge in [-0.15, -0.1) is 0 Å². The van der Waals surface area contributed by atoms with E-state index in [1.165, 1.54) is 18.3 Å². The quantitative estimate of drug-likeness (QED) is 0.517. The van der Waals surface area contributed by atoms with Crippen molar-refractivity contribution in [1.29, 1.82) is 0 Å². The summed E-state index contributed by atoms with van der Waals surface area (Å²) in [4.78, 5) is 32.3. The van der Waals surface area contributed by atoms with Crippen molar-refractivity contribution in [3.8, 4) is 11.1 Å². The Morgan fingerprint density at radius 2 is 1.91 bits per heavy atom. The van der Waals surface area contributed by atoms with Crippen LogP contribution in [0.15, 0.2) is 30.5 Å². The van der Waals surface area contributed by atoms with E-state index in [1.807, 2.05) is 18.2 Å². The Bertz CT molecular complexity index is 1170. The van der Waals surface area contributed by atoms with Gasteiger partial charge in [0.2, 0.25) is 11.8 Å². The minimum atomic E-state index is -2.67. The summed E-state index contributed by atoms with van der Waals surface area (Å²) in [5, 5.41) is 5.89. The van der Waals surface area contributed by atoms with Crippen LogP contribution in [-0.4, -0.2) is 34.0 Å². The fourth-order valence-corrected chi connectivity index (χ4v) is 4.50. The molecular formula is C22H22F2N4O3S. The van der Waals surface area contributed by atoms with Gasteiger partial charge < -0.3 is 10.1 Å². The average molecular weight is 461 g/mol. The molecule has 0 bridgehead atoms. The fraction of sp³-hybridized carbons (Fsp3) is 0.364. The number of hydrogen-bond acceptors (Lipinski definition) is 6. The number of rotatable bonds is 4. The van der Waals surface area contributed by atoms with Crippen LogP contribution in [0.4, 0.5) is 24.4 Å². The van der Waals surface area contributed by atoms with Crippen molar-refractivity contribution < 1.29 is 23.1 Å². The number of aryl methyl sites for hydroxylation is 1. The molecule has 1 saturated carbocycles. The minimum absolute atomic E-state index is 0.146. The van der Waals surface area contributed by atoms with Gasteiger partial charge in [-0.05, 0) is 43.5 Å². The highest BCUT2D eigenvalue weighted by Crippen LogP contribution is 2.35. The highest BCUT2D eigenvalue weighted by Gasteiger charge is 2.36. The molecule has 168 valence electrons. The van der Waals surface area contributed by atoms with Crippen LogP contribution in [0.25, 0.3) is 21.3 Å². The van der Waals surface area contributed by atoms with E-state index in [9.17, 15) is 18.4 Å². The standard InChI is InChI=1S/C22H22F2N4O3S/c1-12-18(28-21(30)31-16-5-7-22(23,24)8-6-16)9-15(11-25-12)14-3-4-17-19(10-14)32-20(27-17)26-13(2)29/h3-4,9-11,16H,5-8H2,1-2H3,(H,28,30)(H,26,27,29). The Morgan fingerprint density at radius 1 is 1.16 bits per heavy atom. The third kappa shape index (κ3) is 5.18. The molecule has 32 heavy (non-hydrogen) atoms. The normalized spacial score (nSPS) is 16.0. The molecule has 0 saturated heterocycles. The van der Waals surface area contributed by atoms with Crippen LogP contribution in [0.1, 0.15) is 38.3 Å². The van der Waals surface area contributed by atoms with Crippen LogP contribution in [0.5, 0.6) is 0 Å². The molecule has 2 N–H and O–H groups in total. The fourth-order valence-electron chi connectivity index (χ4n) is 3.55. The van der Waals surface area contributed by atoms with Gasteiger partial charge >= 0.3 is 6.09 Å². The van der Waals surface area contributed by atoms with E-state index in [4.69, 9.17) is 4.74 Å². The summed E-state index contributed by atoms with van der Waals surface area (Å²) in [6.45, 7) is 3.19. The zero-order valence-electron chi connectivity index (χ0n) is 17.6. The van der Waals surface area contributed by atoms with Gasteiger partial charge in [-0.3, -0.25) is 15.1 Å². The molecule has 1 aromatic carbocycles. The number of thiazole rings is 1. The molecular weight excluding hydrogens is 438 g/mol. The van der Waals surface area contributed by atoms with Crippen molar-refractivity contribution >= 4 is 44.4 Å². The predicted octanol–water partition coefficient (Wildman–Crippen LogP) is 5.75. The van der Waals surface area contributed by atoms with E-state index >= 15 is 0 Å². The van der Waals surface area contributed by atoms with E-state index in [0.717, 1.165) is 21.3 Å². The molecule has 0 aliphatic heterocycles. The second kappa shape index (κ2) is 8.78. The molecule has 3 aromatic rings. The molecule has 2 aromatic heterocycles. The SMILES string of the molecule is CC(=O)Nc1nc2ccc(-c3cnc(C)c(NC(=O)OC4CCC(F)(F)CC4)c3)cc2s1. The number of amides is 2. The lowest BCUT2D eigenvalue weighted by Crippen LogP contribution is -2.31. The molecule has 4 rings (SSSR count). The highest BCUT2D eigenvalue weighted by molar-refractivity contribution is 7.22. The van der Waals surface area contributed by atoms with Crippen LogP contribution in [-0.2, 0) is 9.53 Å². The zero-order chi connectivity index (χ0) is 22.9. The predicted molar refractivity (Wildman–Crippen MR) is 119 cm³/mol. The smallest absolute Gasteiger partial charge is 0.411 e. The van der Waals surface area contributed by atoms with Gasteiger partial charge in [0, 0.05) is 31.5 Å². The van der Waals surface area contributed by atoms with Gasteiger partial charge in [-0.25, -0.2) is 18.6 Å². The van der Waals surface area contributed by atoms with E-state index in [0.29, 0.717) is 16.5 Å². The molecule has 0 radical (unpaired) electrons. The Balaban J connectivity index is 1.48. The largest absolute Gasteiger partial charge is 0.446 e. The monoisotopic (exact) mass is 460 g/mol. The number of nitrogens with zero attached hydrogens (tertiary/aromatic N) is 2. The molecule has 1 aliphatic carbocycles. The van der Waals surface area contributed by atoms with Gasteiger partial charge in [0.15, 0.2) is 5.13 Å². The number of alkyl halides is 2. The van der Waals surface area contributed by atoms with Crippen molar-refractivity contribution in [2.45, 2.75) is 51.6 Å². The van der Waals surface area contributed by atoms with Crippen molar-refractivity contribution in [2.75, 3.05) is 10.6 Å². The Kier molecular flexibility index (Phi) is 6.05. The lowest BCUT2D eigenvalue weighted by molar-refractivity contribution is -0.114. The van der Waals surface area contributed by atoms with Crippen LogP contribution < -0.4 is 10.6 Å². The van der Waals surface area contributed by atoms with Gasteiger partial charge in [0.1, 0.15) is 6.10 Å². The number of pyridine rings is 1. The van der Waals surface area contributed by atoms with E-state index in [1.54, 1.807) is 19.2 Å². The molecule has 2 heterocycles. The number of aromatic nitrogens is 2. The topological polar surface area (TPSA) is 93.2 Å². The third-order valence-corrected chi connectivity index (χ3v) is 6.20. The molecule has 10 heteroatoms. The van der Waals surface area contributed by atoms with Crippen molar-refractivity contribution in [2.24, 2.45) is 0 Å². The summed E-state index contributed by atoms with van der Waals surface area (Å²) < 4.78 is 32.8. The van der Waals surface area contributed by atoms with Gasteiger partial charge in [-0.2, -0.15) is 0 Å². The highest BCUT2D eigenvalue weighted by atomic mass is 32.1. The average Bonchev–Trinajstić information content (AvgIpc) is 3.12. The molecule has 0 atom stereocenters. The first-order valence-corrected chi connectivity index (χ1v) is 11.0. The molecule has 1 aliphatic rings. The minimum Gasteiger partial charge on any atom is -0.446 e. The second-order valence-electron chi connectivity index (χ2n) is 7.83. The number of nitrogens with one attached hydrogen (secondary N) is 2. The van der Waals surface area contributed by atoms with E-state index in [-0.39, 0.29) is 31.6 Å². The summed E-state index contributed by atoms with van der Waals surface area (Å²) in [6.07, 6.45) is 0.249. The number of halogens is 2. The Morgan fingerprint density at radius 3 is 2.62 bits per heavy atom. The van der Waals surface area contributed by atoms with Crippen molar-refractivity contribution in [3.05, 3.63) is 36.2 Å². The van der Waals surface area contributed by atoms with Gasteiger partial charge in [0.25, 0.3) is 0 Å². The van der Waals surface area contributed by atoms with E-state index < -0.39 is 18.1 Å². The third-order valence-electron chi connectivity index (χ3n) is 5.27. The van der Waals surface area contributed by atoms with Crippen LogP contribution in [0.2, 0.25) is 0 Å². The Labute approximate surface area is 187 Å². The molecule has 7 nitrogen and oxygen atoms in total. The first-order valence-electron chi connectivity index (χ1n) is 10.2. The summed E-state index contributed by atoms with van der Waals surface area (Å²) >= 11 is 1.37. The molecule has 2 amide bonds. The van der Waals surface area contributed by atoms with Gasteiger partial charge in [-0.1, -0.05) is 17.4 Å². The number of carbonyl (C=O) groups is 2. The summed E-state index contributed by atoms with van der Waals surface area (Å²) in [7, 11) is 0. The van der Waals surface area contributed by atoms with Crippen LogP contribution in [0, 0.1) is 6.92 Å². The number of ether oxygens (including phenoxy) is 1. The summed E-state index contributed by atoms with van der Waals surface area (Å²) in [6, 6.07) is 7.47. The number of fused-ring (bicyclic) bond motifs is 1. The van der Waals surface area contributed by atoms with Crippen molar-refractivity contribution in [3.63, 3.8) is 0 Å². The maximum Gasteiger partial charge on any atom is 0.411 e. The maximum absolute atomic E-state index is 13.3. The molecule has 0 spiro atoms. The first kappa shape index (κ1) is 22.1. The van der Waals surface area contributed by atoms with E-state index in [2.05, 4.69) is 20.6 Å². The number of hydrogen-bond donors (Lipinski definition) is 2. The summed E-state index contributed by atoms with van der Waals surface area (Å²) in [5.41, 5.74) is 3.50. The second-order valence-corrected chi connectivity index (χ2v) is 8.86. The summed E-state index contributed by atoms with van der Waals surface area (Å²) in [5.74, 6) is -2.86. The lowest BCUT2D eigenvalue weighted by atomic mass is 9.94. The molecule has 1 fully saturated rings. The van der Waals surface area contributed by atoms with Crippen molar-refractivity contribution in [1.82, 2.24) is 9.97 Å². The lowest BCUT2D eigenvalue weighted by Gasteiger charge is -2.28. The van der Waals surface area contributed by atoms with Crippen LogP contribution >= 0.6 is 11.3 Å².